The highest BCUT2D eigenvalue weighted by molar-refractivity contribution is 8.03. The third-order valence-corrected chi connectivity index (χ3v) is 9.22. The van der Waals surface area contributed by atoms with E-state index in [9.17, 15) is 29.7 Å². The number of thioether (sulfide) groups is 1. The van der Waals surface area contributed by atoms with Gasteiger partial charge in [-0.05, 0) is 39.3 Å². The van der Waals surface area contributed by atoms with Crippen LogP contribution in [0.5, 0.6) is 0 Å². The van der Waals surface area contributed by atoms with E-state index in [1.807, 2.05) is 18.9 Å². The van der Waals surface area contributed by atoms with E-state index in [1.165, 1.54) is 16.7 Å². The molecule has 5 N–H and O–H groups in total. The number of amides is 2. The van der Waals surface area contributed by atoms with E-state index < -0.39 is 24.1 Å². The van der Waals surface area contributed by atoms with Gasteiger partial charge in [-0.2, -0.15) is 0 Å². The largest absolute Gasteiger partial charge is 0.477 e. The minimum Gasteiger partial charge on any atom is -0.477 e. The fourth-order valence-corrected chi connectivity index (χ4v) is 7.43. The molecule has 4 heterocycles. The van der Waals surface area contributed by atoms with Gasteiger partial charge in [0.05, 0.1) is 30.6 Å². The number of rotatable bonds is 9. The van der Waals surface area contributed by atoms with Gasteiger partial charge in [0.25, 0.3) is 0 Å². The molecule has 0 aromatic carbocycles. The van der Waals surface area contributed by atoms with Crippen LogP contribution in [0.2, 0.25) is 0 Å². The highest BCUT2D eigenvalue weighted by Crippen LogP contribution is 2.51. The van der Waals surface area contributed by atoms with Crippen LogP contribution in [0.15, 0.2) is 10.6 Å². The first-order valence-electron chi connectivity index (χ1n) is 12.1. The van der Waals surface area contributed by atoms with E-state index >= 15 is 0 Å². The maximum atomic E-state index is 12.7. The van der Waals surface area contributed by atoms with Crippen molar-refractivity contribution in [2.45, 2.75) is 62.7 Å². The number of carboxylic acid groups (broad SMARTS) is 1. The molecule has 190 valence electrons. The number of likely N-dealkylation sites (tertiary alicyclic amines) is 1. The van der Waals surface area contributed by atoms with Gasteiger partial charge in [0.15, 0.2) is 0 Å². The number of aliphatic hydroxyl groups excluding tert-OH is 2. The molecule has 4 rings (SSSR count). The van der Waals surface area contributed by atoms with Gasteiger partial charge in [0, 0.05) is 41.7 Å². The fraction of sp³-hybridized carbons (Fsp3) is 0.783. The molecule has 10 nitrogen and oxygen atoms in total. The number of aliphatic hydroxyl groups is 2. The van der Waals surface area contributed by atoms with Gasteiger partial charge in [-0.1, -0.05) is 6.92 Å². The van der Waals surface area contributed by atoms with E-state index in [0.29, 0.717) is 23.8 Å². The summed E-state index contributed by atoms with van der Waals surface area (Å²) in [7, 11) is 1.90. The molecule has 4 aliphatic rings. The first-order valence-corrected chi connectivity index (χ1v) is 13.0. The Morgan fingerprint density at radius 1 is 1.32 bits per heavy atom. The SMILES string of the molecule is CNC[C@H]1CCN(C(=O)C[C@@H](O)[C@@H]2C[C@H](SC3=C(C(=O)O)N4C(=O)[C@H]([C@@H](C)O)[C@H]4[C@H]3C)CN2)C1. The van der Waals surface area contributed by atoms with Crippen LogP contribution >= 0.6 is 11.8 Å². The lowest BCUT2D eigenvalue weighted by atomic mass is 9.79. The molecular formula is C23H36N4O6S. The van der Waals surface area contributed by atoms with Crippen molar-refractivity contribution < 1.29 is 29.7 Å². The Kier molecular flexibility index (Phi) is 7.58. The number of aliphatic carboxylic acids is 1. The zero-order chi connectivity index (χ0) is 24.7. The van der Waals surface area contributed by atoms with Gasteiger partial charge in [-0.25, -0.2) is 4.79 Å². The van der Waals surface area contributed by atoms with Crippen molar-refractivity contribution in [1.82, 2.24) is 20.4 Å². The van der Waals surface area contributed by atoms with Gasteiger partial charge < -0.3 is 35.8 Å². The van der Waals surface area contributed by atoms with Crippen LogP contribution in [0.25, 0.3) is 0 Å². The lowest BCUT2D eigenvalue weighted by Crippen LogP contribution is -2.63. The number of hydrogen-bond acceptors (Lipinski definition) is 8. The zero-order valence-electron chi connectivity index (χ0n) is 19.9. The smallest absolute Gasteiger partial charge is 0.353 e. The van der Waals surface area contributed by atoms with Crippen LogP contribution in [-0.2, 0) is 14.4 Å². The van der Waals surface area contributed by atoms with Crippen LogP contribution < -0.4 is 10.6 Å². The van der Waals surface area contributed by atoms with Crippen molar-refractivity contribution in [2.75, 3.05) is 33.2 Å². The number of hydrogen-bond donors (Lipinski definition) is 5. The molecule has 0 aromatic rings. The predicted octanol–water partition coefficient (Wildman–Crippen LogP) is -0.577. The first-order chi connectivity index (χ1) is 16.1. The average Bonchev–Trinajstić information content (AvgIpc) is 3.47. The Balaban J connectivity index is 1.34. The zero-order valence-corrected chi connectivity index (χ0v) is 20.8. The lowest BCUT2D eigenvalue weighted by molar-refractivity contribution is -0.163. The molecule has 0 bridgehead atoms. The Labute approximate surface area is 204 Å². The van der Waals surface area contributed by atoms with Crippen molar-refractivity contribution in [2.24, 2.45) is 17.8 Å². The Hall–Kier alpha value is -1.66. The average molecular weight is 497 g/mol. The van der Waals surface area contributed by atoms with Crippen LogP contribution in [0, 0.1) is 17.8 Å². The standard InChI is InChI=1S/C23H36N4O6S/c1-11-19-18(12(2)28)22(31)27(19)20(23(32)33)21(11)34-14-6-15(25-9-14)16(29)7-17(30)26-5-4-13(10-26)8-24-3/h11-16,18-19,24-25,28-29H,4-10H2,1-3H3,(H,32,33)/t11-,12-,13-,14+,15+,16-,18-,19-/m1/s1. The topological polar surface area (TPSA) is 142 Å². The van der Waals surface area contributed by atoms with Crippen LogP contribution in [0.3, 0.4) is 0 Å². The van der Waals surface area contributed by atoms with E-state index in [4.69, 9.17) is 0 Å². The molecule has 11 heteroatoms. The Morgan fingerprint density at radius 2 is 2.06 bits per heavy atom. The molecule has 3 saturated heterocycles. The summed E-state index contributed by atoms with van der Waals surface area (Å²) in [4.78, 5) is 41.0. The summed E-state index contributed by atoms with van der Waals surface area (Å²) in [6.45, 7) is 6.37. The maximum absolute atomic E-state index is 12.7. The molecule has 0 spiro atoms. The molecule has 8 atom stereocenters. The summed E-state index contributed by atoms with van der Waals surface area (Å²) in [5, 5.41) is 37.0. The lowest BCUT2D eigenvalue weighted by Gasteiger charge is -2.46. The minimum absolute atomic E-state index is 0.0205. The van der Waals surface area contributed by atoms with Crippen molar-refractivity contribution in [3.8, 4) is 0 Å². The molecular weight excluding hydrogens is 460 g/mol. The summed E-state index contributed by atoms with van der Waals surface area (Å²) >= 11 is 1.44. The van der Waals surface area contributed by atoms with Gasteiger partial charge in [0.2, 0.25) is 11.8 Å². The van der Waals surface area contributed by atoms with Gasteiger partial charge >= 0.3 is 5.97 Å². The van der Waals surface area contributed by atoms with Crippen LogP contribution in [0.1, 0.15) is 33.1 Å². The van der Waals surface area contributed by atoms with E-state index in [0.717, 1.165) is 26.1 Å². The molecule has 0 radical (unpaired) electrons. The number of β-lactam (4-membered cyclic amide) rings is 1. The predicted molar refractivity (Wildman–Crippen MR) is 127 cm³/mol. The van der Waals surface area contributed by atoms with Crippen molar-refractivity contribution >= 4 is 29.5 Å². The summed E-state index contributed by atoms with van der Waals surface area (Å²) < 4.78 is 0. The summed E-state index contributed by atoms with van der Waals surface area (Å²) in [6, 6.07) is -0.576. The first kappa shape index (κ1) is 25.4. The molecule has 4 aliphatic heterocycles. The molecule has 3 fully saturated rings. The Morgan fingerprint density at radius 3 is 2.71 bits per heavy atom. The Bertz CT molecular complexity index is 866. The summed E-state index contributed by atoms with van der Waals surface area (Å²) in [5.74, 6) is -1.81. The fourth-order valence-electron chi connectivity index (χ4n) is 5.94. The number of carboxylic acids is 1. The molecule has 34 heavy (non-hydrogen) atoms. The third-order valence-electron chi connectivity index (χ3n) is 7.71. The molecule has 0 aliphatic carbocycles. The van der Waals surface area contributed by atoms with Gasteiger partial charge in [0.1, 0.15) is 5.70 Å². The van der Waals surface area contributed by atoms with E-state index in [2.05, 4.69) is 10.6 Å². The van der Waals surface area contributed by atoms with Crippen LogP contribution in [0.4, 0.5) is 0 Å². The molecule has 0 aromatic heterocycles. The molecule has 0 unspecified atom stereocenters. The summed E-state index contributed by atoms with van der Waals surface area (Å²) in [6.07, 6.45) is 0.00429. The quantitative estimate of drug-likeness (QED) is 0.265. The van der Waals surface area contributed by atoms with E-state index in [1.54, 1.807) is 6.92 Å². The van der Waals surface area contributed by atoms with Gasteiger partial charge in [-0.3, -0.25) is 9.59 Å². The number of carbonyl (C=O) groups excluding carboxylic acids is 2. The second-order valence-electron chi connectivity index (χ2n) is 10.1. The van der Waals surface area contributed by atoms with Crippen molar-refractivity contribution in [3.63, 3.8) is 0 Å². The normalized spacial score (nSPS) is 34.9. The number of fused-ring (bicyclic) bond motifs is 1. The summed E-state index contributed by atoms with van der Waals surface area (Å²) in [5.41, 5.74) is 0.0220. The number of carbonyl (C=O) groups is 3. The molecule has 2 amide bonds. The van der Waals surface area contributed by atoms with Crippen molar-refractivity contribution in [1.29, 1.82) is 0 Å². The monoisotopic (exact) mass is 496 g/mol. The minimum atomic E-state index is -1.13. The second kappa shape index (κ2) is 10.1. The van der Waals surface area contributed by atoms with Crippen LogP contribution in [-0.4, -0.2) is 106 Å². The highest BCUT2D eigenvalue weighted by atomic mass is 32.2. The highest BCUT2D eigenvalue weighted by Gasteiger charge is 2.60. The number of nitrogens with zero attached hydrogens (tertiary/aromatic N) is 2. The van der Waals surface area contributed by atoms with Crippen molar-refractivity contribution in [3.05, 3.63) is 10.6 Å². The number of nitrogens with one attached hydrogen (secondary N) is 2. The van der Waals surface area contributed by atoms with Gasteiger partial charge in [-0.15, -0.1) is 11.8 Å². The maximum Gasteiger partial charge on any atom is 0.353 e. The second-order valence-corrected chi connectivity index (χ2v) is 11.4. The molecule has 0 saturated carbocycles. The van der Waals surface area contributed by atoms with E-state index in [-0.39, 0.29) is 47.2 Å². The third kappa shape index (κ3) is 4.60.